The van der Waals surface area contributed by atoms with Gasteiger partial charge in [-0.1, -0.05) is 23.9 Å². The molecule has 10 heteroatoms. The van der Waals surface area contributed by atoms with Crippen molar-refractivity contribution in [3.63, 3.8) is 0 Å². The number of carbonyl (C=O) groups is 1. The van der Waals surface area contributed by atoms with Gasteiger partial charge in [0.05, 0.1) is 31.2 Å². The number of rotatable bonds is 8. The standard InChI is InChI=1S/C24H25N5O3S2/c1-31-22(30)18-9-7-17(8-10-18)21-25-19(15-33-21)16-34-24-27-26-23(28-11-3-2-4-12-28)29(24)14-20-6-5-13-32-20/h5-10,13,15H,2-4,11-12,14,16H2,1H3. The van der Waals surface area contributed by atoms with Crippen LogP contribution < -0.4 is 4.90 Å². The number of furan rings is 1. The van der Waals surface area contributed by atoms with Gasteiger partial charge in [0.1, 0.15) is 10.8 Å². The average Bonchev–Trinajstić information content (AvgIpc) is 3.65. The number of carbonyl (C=O) groups excluding carboxylic acids is 1. The summed E-state index contributed by atoms with van der Waals surface area (Å²) in [6.45, 7) is 2.61. The van der Waals surface area contributed by atoms with Gasteiger partial charge in [0.2, 0.25) is 5.95 Å². The number of piperidine rings is 1. The second kappa shape index (κ2) is 10.4. The van der Waals surface area contributed by atoms with Crippen LogP contribution in [0.15, 0.2) is 57.6 Å². The Kier molecular flexibility index (Phi) is 6.96. The van der Waals surface area contributed by atoms with Gasteiger partial charge in [-0.2, -0.15) is 0 Å². The van der Waals surface area contributed by atoms with E-state index in [4.69, 9.17) is 14.1 Å². The summed E-state index contributed by atoms with van der Waals surface area (Å²) >= 11 is 3.22. The maximum atomic E-state index is 11.7. The number of methoxy groups -OCH3 is 1. The molecule has 5 rings (SSSR count). The number of hydrogen-bond acceptors (Lipinski definition) is 9. The molecule has 0 N–H and O–H groups in total. The second-order valence-electron chi connectivity index (χ2n) is 8.00. The highest BCUT2D eigenvalue weighted by Crippen LogP contribution is 2.30. The van der Waals surface area contributed by atoms with Gasteiger partial charge in [-0.3, -0.25) is 4.57 Å². The lowest BCUT2D eigenvalue weighted by molar-refractivity contribution is 0.0600. The monoisotopic (exact) mass is 495 g/mol. The Morgan fingerprint density at radius 3 is 2.71 bits per heavy atom. The number of anilines is 1. The van der Waals surface area contributed by atoms with Gasteiger partial charge in [0, 0.05) is 29.8 Å². The van der Waals surface area contributed by atoms with E-state index in [2.05, 4.69) is 25.0 Å². The number of hydrogen-bond donors (Lipinski definition) is 0. The molecule has 0 aliphatic carbocycles. The summed E-state index contributed by atoms with van der Waals surface area (Å²) in [5.41, 5.74) is 2.48. The first-order valence-corrected chi connectivity index (χ1v) is 13.0. The van der Waals surface area contributed by atoms with Crippen molar-refractivity contribution in [1.29, 1.82) is 0 Å². The number of nitrogens with zero attached hydrogens (tertiary/aromatic N) is 5. The largest absolute Gasteiger partial charge is 0.467 e. The molecule has 34 heavy (non-hydrogen) atoms. The summed E-state index contributed by atoms with van der Waals surface area (Å²) in [7, 11) is 1.38. The zero-order chi connectivity index (χ0) is 23.3. The molecule has 0 saturated carbocycles. The fourth-order valence-corrected chi connectivity index (χ4v) is 5.68. The third kappa shape index (κ3) is 5.02. The van der Waals surface area contributed by atoms with Crippen LogP contribution in [0.3, 0.4) is 0 Å². The number of aromatic nitrogens is 4. The van der Waals surface area contributed by atoms with Crippen molar-refractivity contribution < 1.29 is 13.9 Å². The van der Waals surface area contributed by atoms with Gasteiger partial charge in [-0.25, -0.2) is 9.78 Å². The van der Waals surface area contributed by atoms with Crippen LogP contribution in [0.1, 0.15) is 41.1 Å². The fourth-order valence-electron chi connectivity index (χ4n) is 3.92. The molecule has 1 saturated heterocycles. The molecule has 8 nitrogen and oxygen atoms in total. The van der Waals surface area contributed by atoms with E-state index in [-0.39, 0.29) is 5.97 Å². The Labute approximate surface area is 206 Å². The van der Waals surface area contributed by atoms with Crippen molar-refractivity contribution in [3.8, 4) is 10.6 Å². The highest BCUT2D eigenvalue weighted by atomic mass is 32.2. The van der Waals surface area contributed by atoms with Gasteiger partial charge in [0.25, 0.3) is 0 Å². The number of thiazole rings is 1. The van der Waals surface area contributed by atoms with Gasteiger partial charge >= 0.3 is 5.97 Å². The molecule has 176 valence electrons. The summed E-state index contributed by atoms with van der Waals surface area (Å²) in [6, 6.07) is 11.2. The van der Waals surface area contributed by atoms with E-state index < -0.39 is 0 Å². The molecule has 1 aliphatic rings. The highest BCUT2D eigenvalue weighted by molar-refractivity contribution is 7.98. The molecule has 0 atom stereocenters. The van der Waals surface area contributed by atoms with E-state index in [1.807, 2.05) is 24.3 Å². The SMILES string of the molecule is COC(=O)c1ccc(-c2nc(CSc3nnc(N4CCCCC4)n3Cc3ccco3)cs2)cc1. The van der Waals surface area contributed by atoms with E-state index >= 15 is 0 Å². The molecule has 1 aliphatic heterocycles. The minimum absolute atomic E-state index is 0.342. The lowest BCUT2D eigenvalue weighted by atomic mass is 10.1. The lowest BCUT2D eigenvalue weighted by Gasteiger charge is -2.27. The highest BCUT2D eigenvalue weighted by Gasteiger charge is 2.21. The molecular formula is C24H25N5O3S2. The van der Waals surface area contributed by atoms with E-state index in [0.29, 0.717) is 17.9 Å². The zero-order valence-electron chi connectivity index (χ0n) is 18.8. The van der Waals surface area contributed by atoms with Crippen LogP contribution in [-0.2, 0) is 17.0 Å². The number of ether oxygens (including phenoxy) is 1. The molecule has 0 spiro atoms. The normalized spacial score (nSPS) is 13.9. The smallest absolute Gasteiger partial charge is 0.337 e. The summed E-state index contributed by atoms with van der Waals surface area (Å²) < 4.78 is 12.5. The average molecular weight is 496 g/mol. The Morgan fingerprint density at radius 2 is 1.97 bits per heavy atom. The van der Waals surface area contributed by atoms with Crippen LogP contribution >= 0.6 is 23.1 Å². The summed E-state index contributed by atoms with van der Waals surface area (Å²) in [4.78, 5) is 18.8. The Hall–Kier alpha value is -3.11. The first-order chi connectivity index (χ1) is 16.7. The molecule has 4 heterocycles. The van der Waals surface area contributed by atoms with E-state index in [0.717, 1.165) is 46.2 Å². The van der Waals surface area contributed by atoms with Crippen molar-refractivity contribution in [2.45, 2.75) is 36.7 Å². The van der Waals surface area contributed by atoms with Crippen molar-refractivity contribution in [2.24, 2.45) is 0 Å². The van der Waals surface area contributed by atoms with E-state index in [1.165, 1.54) is 26.4 Å². The number of benzene rings is 1. The fraction of sp³-hybridized carbons (Fsp3) is 0.333. The summed E-state index contributed by atoms with van der Waals surface area (Å²) in [5, 5.41) is 12.9. The van der Waals surface area contributed by atoms with Gasteiger partial charge in [-0.05, 0) is 43.5 Å². The van der Waals surface area contributed by atoms with Crippen LogP contribution in [0.2, 0.25) is 0 Å². The summed E-state index contributed by atoms with van der Waals surface area (Å²) in [6.07, 6.45) is 5.32. The van der Waals surface area contributed by atoms with Crippen molar-refractivity contribution >= 4 is 35.0 Å². The quantitative estimate of drug-likeness (QED) is 0.246. The zero-order valence-corrected chi connectivity index (χ0v) is 20.5. The minimum atomic E-state index is -0.342. The van der Waals surface area contributed by atoms with Crippen molar-refractivity contribution in [3.05, 3.63) is 65.1 Å². The van der Waals surface area contributed by atoms with E-state index in [9.17, 15) is 4.79 Å². The van der Waals surface area contributed by atoms with Gasteiger partial charge in [-0.15, -0.1) is 21.5 Å². The maximum absolute atomic E-state index is 11.7. The molecule has 0 unspecified atom stereocenters. The molecule has 0 radical (unpaired) electrons. The predicted octanol–water partition coefficient (Wildman–Crippen LogP) is 5.11. The van der Waals surface area contributed by atoms with Crippen LogP contribution in [0.4, 0.5) is 5.95 Å². The number of thioether (sulfide) groups is 1. The third-order valence-electron chi connectivity index (χ3n) is 5.68. The molecule has 3 aromatic heterocycles. The van der Waals surface area contributed by atoms with Crippen LogP contribution in [0.25, 0.3) is 10.6 Å². The molecular weight excluding hydrogens is 470 g/mol. The van der Waals surface area contributed by atoms with Gasteiger partial charge < -0.3 is 14.1 Å². The van der Waals surface area contributed by atoms with Crippen LogP contribution in [0.5, 0.6) is 0 Å². The molecule has 4 aromatic rings. The first kappa shape index (κ1) is 22.7. The molecule has 0 amide bonds. The number of esters is 1. The molecule has 1 fully saturated rings. The van der Waals surface area contributed by atoms with Crippen molar-refractivity contribution in [1.82, 2.24) is 19.7 Å². The predicted molar refractivity (Wildman–Crippen MR) is 132 cm³/mol. The second-order valence-corrected chi connectivity index (χ2v) is 9.80. The third-order valence-corrected chi connectivity index (χ3v) is 7.62. The Bertz CT molecular complexity index is 1230. The molecule has 0 bridgehead atoms. The molecule has 1 aromatic carbocycles. The first-order valence-electron chi connectivity index (χ1n) is 11.2. The minimum Gasteiger partial charge on any atom is -0.467 e. The van der Waals surface area contributed by atoms with Crippen molar-refractivity contribution in [2.75, 3.05) is 25.1 Å². The Balaban J connectivity index is 1.31. The van der Waals surface area contributed by atoms with Crippen LogP contribution in [-0.4, -0.2) is 45.9 Å². The summed E-state index contributed by atoms with van der Waals surface area (Å²) in [5.74, 6) is 2.13. The van der Waals surface area contributed by atoms with E-state index in [1.54, 1.807) is 41.5 Å². The van der Waals surface area contributed by atoms with Crippen LogP contribution in [0, 0.1) is 0 Å². The Morgan fingerprint density at radius 1 is 1.15 bits per heavy atom. The lowest BCUT2D eigenvalue weighted by Crippen LogP contribution is -2.32. The van der Waals surface area contributed by atoms with Gasteiger partial charge in [0.15, 0.2) is 5.16 Å². The topological polar surface area (TPSA) is 86.3 Å². The maximum Gasteiger partial charge on any atom is 0.337 e.